The first-order chi connectivity index (χ1) is 15.7. The lowest BCUT2D eigenvalue weighted by atomic mass is 10.1. The zero-order valence-corrected chi connectivity index (χ0v) is 19.1. The van der Waals surface area contributed by atoms with Gasteiger partial charge < -0.3 is 24.9 Å². The van der Waals surface area contributed by atoms with E-state index in [0.29, 0.717) is 27.3 Å². The summed E-state index contributed by atoms with van der Waals surface area (Å²) in [5, 5.41) is 15.8. The van der Waals surface area contributed by atoms with Crippen LogP contribution in [0.4, 0.5) is 5.69 Å². The maximum Gasteiger partial charge on any atom is 0.343 e. The van der Waals surface area contributed by atoms with Crippen molar-refractivity contribution in [3.05, 3.63) is 68.9 Å². The molecule has 0 fully saturated rings. The van der Waals surface area contributed by atoms with E-state index in [1.54, 1.807) is 26.0 Å². The molecular formula is C22H19Cl2N3O6. The van der Waals surface area contributed by atoms with Crippen molar-refractivity contribution < 1.29 is 28.6 Å². The van der Waals surface area contributed by atoms with Gasteiger partial charge in [-0.25, -0.2) is 9.79 Å². The van der Waals surface area contributed by atoms with Crippen LogP contribution in [-0.2, 0) is 25.7 Å². The number of rotatable bonds is 6. The van der Waals surface area contributed by atoms with E-state index in [0.717, 1.165) is 0 Å². The van der Waals surface area contributed by atoms with Gasteiger partial charge in [0.2, 0.25) is 0 Å². The van der Waals surface area contributed by atoms with Crippen molar-refractivity contribution in [3.63, 3.8) is 0 Å². The smallest absolute Gasteiger partial charge is 0.343 e. The van der Waals surface area contributed by atoms with E-state index in [1.165, 1.54) is 24.3 Å². The fourth-order valence-corrected chi connectivity index (χ4v) is 3.43. The van der Waals surface area contributed by atoms with Crippen LogP contribution in [0.1, 0.15) is 25.4 Å². The monoisotopic (exact) mass is 491 g/mol. The lowest BCUT2D eigenvalue weighted by Gasteiger charge is -2.06. The first-order valence-corrected chi connectivity index (χ1v) is 10.5. The molecular weight excluding hydrogens is 473 g/mol. The Morgan fingerprint density at radius 3 is 2.52 bits per heavy atom. The van der Waals surface area contributed by atoms with Crippen molar-refractivity contribution in [2.45, 2.75) is 20.4 Å². The van der Waals surface area contributed by atoms with Crippen molar-refractivity contribution >= 4 is 58.5 Å². The second-order valence-corrected chi connectivity index (χ2v) is 7.64. The minimum absolute atomic E-state index is 0.00542. The molecule has 0 saturated carbocycles. The fourth-order valence-electron chi connectivity index (χ4n) is 2.90. The highest BCUT2D eigenvalue weighted by molar-refractivity contribution is 6.40. The van der Waals surface area contributed by atoms with E-state index in [9.17, 15) is 19.5 Å². The van der Waals surface area contributed by atoms with Crippen molar-refractivity contribution in [1.29, 1.82) is 0 Å². The number of furan rings is 1. The summed E-state index contributed by atoms with van der Waals surface area (Å²) in [7, 11) is 0. The molecule has 0 atom stereocenters. The van der Waals surface area contributed by atoms with Gasteiger partial charge in [0.15, 0.2) is 5.76 Å². The van der Waals surface area contributed by atoms with Crippen LogP contribution < -0.4 is 10.6 Å². The molecule has 3 rings (SSSR count). The van der Waals surface area contributed by atoms with Gasteiger partial charge in [0, 0.05) is 21.8 Å². The molecule has 0 bridgehead atoms. The normalized spacial score (nSPS) is 14.3. The van der Waals surface area contributed by atoms with E-state index in [2.05, 4.69) is 15.6 Å². The molecule has 2 amide bonds. The minimum Gasteiger partial charge on any atom is -0.505 e. The Kier molecular flexibility index (Phi) is 7.57. The Balaban J connectivity index is 1.61. The summed E-state index contributed by atoms with van der Waals surface area (Å²) in [5.41, 5.74) is 0.736. The van der Waals surface area contributed by atoms with E-state index in [-0.39, 0.29) is 35.9 Å². The summed E-state index contributed by atoms with van der Waals surface area (Å²) in [5.74, 6) is -2.10. The zero-order chi connectivity index (χ0) is 24.1. The number of aliphatic imine (C=N–C) groups is 1. The third-order valence-corrected chi connectivity index (χ3v) is 4.76. The number of aliphatic hydroxyl groups excluding tert-OH is 1. The molecule has 0 saturated heterocycles. The number of anilines is 1. The molecule has 11 heteroatoms. The molecule has 1 aromatic heterocycles. The Morgan fingerprint density at radius 2 is 1.85 bits per heavy atom. The maximum absolute atomic E-state index is 12.1. The SMILES string of the molecule is CCOC(=O)C1=C(O)/C(=C\c2ccc(CNC(=O)C(=O)Nc3cc(Cl)cc(Cl)c3)o2)N=C1C. The molecule has 172 valence electrons. The first kappa shape index (κ1) is 24.1. The molecule has 9 nitrogen and oxygen atoms in total. The molecule has 2 heterocycles. The highest BCUT2D eigenvalue weighted by atomic mass is 35.5. The number of hydrogen-bond acceptors (Lipinski definition) is 7. The van der Waals surface area contributed by atoms with Crippen molar-refractivity contribution in [2.75, 3.05) is 11.9 Å². The number of nitrogens with zero attached hydrogens (tertiary/aromatic N) is 1. The summed E-state index contributed by atoms with van der Waals surface area (Å²) in [6.07, 6.45) is 1.44. The number of carbonyl (C=O) groups is 3. The van der Waals surface area contributed by atoms with Gasteiger partial charge >= 0.3 is 17.8 Å². The van der Waals surface area contributed by atoms with Gasteiger partial charge in [0.25, 0.3) is 0 Å². The number of nitrogens with one attached hydrogen (secondary N) is 2. The fraction of sp³-hybridized carbons (Fsp3) is 0.182. The van der Waals surface area contributed by atoms with Gasteiger partial charge in [-0.2, -0.15) is 0 Å². The van der Waals surface area contributed by atoms with Crippen LogP contribution in [0.5, 0.6) is 0 Å². The van der Waals surface area contributed by atoms with E-state index in [4.69, 9.17) is 32.4 Å². The Morgan fingerprint density at radius 1 is 1.15 bits per heavy atom. The summed E-state index contributed by atoms with van der Waals surface area (Å²) in [6.45, 7) is 3.34. The molecule has 0 spiro atoms. The standard InChI is InChI=1S/C22H19Cl2N3O6/c1-3-32-22(31)18-11(2)26-17(19(18)28)9-15-4-5-16(33-15)10-25-20(29)21(30)27-14-7-12(23)6-13(24)8-14/h4-9,28H,3,10H2,1-2H3,(H,25,29)(H,27,30)/b17-9+. The largest absolute Gasteiger partial charge is 0.505 e. The zero-order valence-electron chi connectivity index (χ0n) is 17.6. The molecule has 33 heavy (non-hydrogen) atoms. The molecule has 1 aromatic carbocycles. The molecule has 0 unspecified atom stereocenters. The number of esters is 1. The Labute approximate surface area is 198 Å². The lowest BCUT2D eigenvalue weighted by Crippen LogP contribution is -2.34. The van der Waals surface area contributed by atoms with Crippen LogP contribution in [0.3, 0.4) is 0 Å². The molecule has 0 aliphatic carbocycles. The van der Waals surface area contributed by atoms with Gasteiger partial charge in [0.1, 0.15) is 22.8 Å². The number of aliphatic hydroxyl groups is 1. The third kappa shape index (κ3) is 6.03. The van der Waals surface area contributed by atoms with E-state index >= 15 is 0 Å². The van der Waals surface area contributed by atoms with Crippen LogP contribution in [0.15, 0.2) is 56.8 Å². The maximum atomic E-state index is 12.1. The molecule has 3 N–H and O–H groups in total. The topological polar surface area (TPSA) is 130 Å². The number of amides is 2. The number of ether oxygens (including phenoxy) is 1. The van der Waals surface area contributed by atoms with E-state index < -0.39 is 17.8 Å². The second-order valence-electron chi connectivity index (χ2n) is 6.77. The van der Waals surface area contributed by atoms with Crippen LogP contribution >= 0.6 is 23.2 Å². The summed E-state index contributed by atoms with van der Waals surface area (Å²) in [6, 6.07) is 7.57. The van der Waals surface area contributed by atoms with Crippen LogP contribution in [0.25, 0.3) is 6.08 Å². The van der Waals surface area contributed by atoms with Crippen LogP contribution in [0, 0.1) is 0 Å². The Hall–Kier alpha value is -3.56. The average molecular weight is 492 g/mol. The highest BCUT2D eigenvalue weighted by Crippen LogP contribution is 2.27. The number of carbonyl (C=O) groups excluding carboxylic acids is 3. The minimum atomic E-state index is -0.903. The summed E-state index contributed by atoms with van der Waals surface area (Å²) in [4.78, 5) is 40.2. The summed E-state index contributed by atoms with van der Waals surface area (Å²) < 4.78 is 10.5. The van der Waals surface area contributed by atoms with Gasteiger partial charge in [0.05, 0.1) is 18.9 Å². The number of halogens is 2. The molecule has 1 aliphatic heterocycles. The molecule has 0 radical (unpaired) electrons. The molecule has 1 aliphatic rings. The Bertz CT molecular complexity index is 1190. The van der Waals surface area contributed by atoms with Crippen LogP contribution in [-0.4, -0.2) is 35.2 Å². The predicted molar refractivity (Wildman–Crippen MR) is 123 cm³/mol. The molecule has 2 aromatic rings. The van der Waals surface area contributed by atoms with Gasteiger partial charge in [-0.15, -0.1) is 0 Å². The first-order valence-electron chi connectivity index (χ1n) is 9.70. The second kappa shape index (κ2) is 10.4. The third-order valence-electron chi connectivity index (χ3n) is 4.32. The van der Waals surface area contributed by atoms with Gasteiger partial charge in [-0.05, 0) is 44.2 Å². The lowest BCUT2D eigenvalue weighted by molar-refractivity contribution is -0.138. The highest BCUT2D eigenvalue weighted by Gasteiger charge is 2.27. The van der Waals surface area contributed by atoms with Gasteiger partial charge in [-0.1, -0.05) is 23.2 Å². The van der Waals surface area contributed by atoms with Crippen LogP contribution in [0.2, 0.25) is 10.0 Å². The van der Waals surface area contributed by atoms with E-state index in [1.807, 2.05) is 0 Å². The van der Waals surface area contributed by atoms with Crippen molar-refractivity contribution in [1.82, 2.24) is 5.32 Å². The number of benzene rings is 1. The number of hydrogen-bond donors (Lipinski definition) is 3. The predicted octanol–water partition coefficient (Wildman–Crippen LogP) is 4.03. The average Bonchev–Trinajstić information content (AvgIpc) is 3.29. The van der Waals surface area contributed by atoms with Crippen molar-refractivity contribution in [3.8, 4) is 0 Å². The quantitative estimate of drug-likeness (QED) is 0.412. The van der Waals surface area contributed by atoms with Crippen molar-refractivity contribution in [2.24, 2.45) is 4.99 Å². The van der Waals surface area contributed by atoms with Gasteiger partial charge in [-0.3, -0.25) is 9.59 Å². The summed E-state index contributed by atoms with van der Waals surface area (Å²) >= 11 is 11.7.